The molecule has 1 heterocycles. The van der Waals surface area contributed by atoms with Gasteiger partial charge in [-0.25, -0.2) is 18.2 Å². The molecule has 0 spiro atoms. The molecule has 0 aromatic carbocycles. The van der Waals surface area contributed by atoms with Crippen molar-refractivity contribution in [2.45, 2.75) is 11.9 Å². The number of rotatable bonds is 4. The van der Waals surface area contributed by atoms with Crippen molar-refractivity contribution < 1.29 is 18.3 Å². The molecule has 0 atom stereocenters. The highest BCUT2D eigenvalue weighted by Crippen LogP contribution is 2.09. The average molecular weight is 245 g/mol. The Morgan fingerprint density at radius 2 is 2.06 bits per heavy atom. The summed E-state index contributed by atoms with van der Waals surface area (Å²) in [5.74, 6) is -0.334. The van der Waals surface area contributed by atoms with E-state index >= 15 is 0 Å². The van der Waals surface area contributed by atoms with E-state index < -0.39 is 15.9 Å². The summed E-state index contributed by atoms with van der Waals surface area (Å²) in [6.07, 6.45) is 1.42. The summed E-state index contributed by atoms with van der Waals surface area (Å²) >= 11 is 0. The molecule has 0 unspecified atom stereocenters. The fraction of sp³-hybridized carbons (Fsp3) is 0.375. The minimum atomic E-state index is -3.59. The van der Waals surface area contributed by atoms with Crippen LogP contribution >= 0.6 is 0 Å². The molecule has 0 aliphatic carbocycles. The monoisotopic (exact) mass is 245 g/mol. The summed E-state index contributed by atoms with van der Waals surface area (Å²) in [5, 5.41) is 10.2. The largest absolute Gasteiger partial charge is 0.465 e. The van der Waals surface area contributed by atoms with Crippen molar-refractivity contribution in [2.24, 2.45) is 0 Å². The van der Waals surface area contributed by atoms with Crippen LogP contribution < -0.4 is 5.32 Å². The Labute approximate surface area is 92.5 Å². The van der Waals surface area contributed by atoms with Gasteiger partial charge in [-0.3, -0.25) is 4.98 Å². The fourth-order valence-corrected chi connectivity index (χ4v) is 2.38. The standard InChI is InChI=1S/C8H11N3O4S/c1-6-7(10-3-2-9-6)16(14,15)5-4-11-8(12)13/h2-3,11H,4-5H2,1H3,(H,12,13). The number of carbonyl (C=O) groups is 1. The fourth-order valence-electron chi connectivity index (χ4n) is 1.09. The van der Waals surface area contributed by atoms with Gasteiger partial charge in [0.1, 0.15) is 0 Å². The van der Waals surface area contributed by atoms with Crippen LogP contribution in [0.15, 0.2) is 17.4 Å². The van der Waals surface area contributed by atoms with E-state index in [4.69, 9.17) is 5.11 Å². The summed E-state index contributed by atoms with van der Waals surface area (Å²) in [5.41, 5.74) is 0.304. The van der Waals surface area contributed by atoms with Gasteiger partial charge in [-0.1, -0.05) is 0 Å². The molecule has 0 aliphatic rings. The van der Waals surface area contributed by atoms with Crippen LogP contribution in [0.4, 0.5) is 4.79 Å². The number of nitrogens with one attached hydrogen (secondary N) is 1. The Balaban J connectivity index is 2.79. The maximum absolute atomic E-state index is 11.7. The molecule has 0 bridgehead atoms. The number of aromatic nitrogens is 2. The minimum absolute atomic E-state index is 0.109. The van der Waals surface area contributed by atoms with E-state index in [9.17, 15) is 13.2 Å². The average Bonchev–Trinajstić information content (AvgIpc) is 2.17. The summed E-state index contributed by atoms with van der Waals surface area (Å²) in [6.45, 7) is 1.36. The van der Waals surface area contributed by atoms with Crippen molar-refractivity contribution in [1.29, 1.82) is 0 Å². The van der Waals surface area contributed by atoms with E-state index in [1.54, 1.807) is 0 Å². The second kappa shape index (κ2) is 4.88. The van der Waals surface area contributed by atoms with Gasteiger partial charge in [-0.2, -0.15) is 0 Å². The Morgan fingerprint density at radius 1 is 1.44 bits per heavy atom. The third-order valence-electron chi connectivity index (χ3n) is 1.78. The molecule has 0 radical (unpaired) electrons. The lowest BCUT2D eigenvalue weighted by Crippen LogP contribution is -2.28. The molecule has 7 nitrogen and oxygen atoms in total. The van der Waals surface area contributed by atoms with Crippen molar-refractivity contribution in [3.63, 3.8) is 0 Å². The normalized spacial score (nSPS) is 11.1. The van der Waals surface area contributed by atoms with Gasteiger partial charge in [0.15, 0.2) is 14.9 Å². The molecule has 0 saturated heterocycles. The first-order valence-electron chi connectivity index (χ1n) is 4.40. The third-order valence-corrected chi connectivity index (χ3v) is 3.51. The zero-order chi connectivity index (χ0) is 12.2. The van der Waals surface area contributed by atoms with Crippen LogP contribution in [0.1, 0.15) is 5.69 Å². The van der Waals surface area contributed by atoms with E-state index in [0.29, 0.717) is 5.69 Å². The highest BCUT2D eigenvalue weighted by molar-refractivity contribution is 7.91. The maximum Gasteiger partial charge on any atom is 0.404 e. The first-order valence-corrected chi connectivity index (χ1v) is 6.06. The summed E-state index contributed by atoms with van der Waals surface area (Å²) in [4.78, 5) is 17.7. The van der Waals surface area contributed by atoms with Crippen LogP contribution in [0.3, 0.4) is 0 Å². The van der Waals surface area contributed by atoms with E-state index in [0.717, 1.165) is 0 Å². The van der Waals surface area contributed by atoms with Crippen molar-refractivity contribution in [1.82, 2.24) is 15.3 Å². The minimum Gasteiger partial charge on any atom is -0.465 e. The van der Waals surface area contributed by atoms with Gasteiger partial charge in [0.2, 0.25) is 0 Å². The number of hydrogen-bond acceptors (Lipinski definition) is 5. The van der Waals surface area contributed by atoms with Gasteiger partial charge < -0.3 is 10.4 Å². The van der Waals surface area contributed by atoms with E-state index in [2.05, 4.69) is 9.97 Å². The molecule has 1 aromatic rings. The van der Waals surface area contributed by atoms with Gasteiger partial charge in [0, 0.05) is 18.9 Å². The zero-order valence-electron chi connectivity index (χ0n) is 8.54. The van der Waals surface area contributed by atoms with Crippen molar-refractivity contribution in [3.05, 3.63) is 18.1 Å². The molecule has 0 fully saturated rings. The van der Waals surface area contributed by atoms with Gasteiger partial charge in [-0.15, -0.1) is 0 Å². The number of sulfone groups is 1. The highest BCUT2D eigenvalue weighted by Gasteiger charge is 2.19. The third kappa shape index (κ3) is 3.16. The Kier molecular flexibility index (Phi) is 3.78. The van der Waals surface area contributed by atoms with Crippen LogP contribution in [0.5, 0.6) is 0 Å². The molecule has 1 amide bonds. The number of nitrogens with zero attached hydrogens (tertiary/aromatic N) is 2. The zero-order valence-corrected chi connectivity index (χ0v) is 9.36. The highest BCUT2D eigenvalue weighted by atomic mass is 32.2. The van der Waals surface area contributed by atoms with Crippen LogP contribution in [0.25, 0.3) is 0 Å². The smallest absolute Gasteiger partial charge is 0.404 e. The van der Waals surface area contributed by atoms with Gasteiger partial charge in [-0.05, 0) is 6.92 Å². The molecular weight excluding hydrogens is 234 g/mol. The van der Waals surface area contributed by atoms with Crippen molar-refractivity contribution in [2.75, 3.05) is 12.3 Å². The topological polar surface area (TPSA) is 109 Å². The van der Waals surface area contributed by atoms with E-state index in [1.807, 2.05) is 5.32 Å². The quantitative estimate of drug-likeness (QED) is 0.762. The summed E-state index contributed by atoms with van der Waals surface area (Å²) in [7, 11) is -3.59. The Hall–Kier alpha value is -1.70. The molecule has 16 heavy (non-hydrogen) atoms. The van der Waals surface area contributed by atoms with Crippen LogP contribution in [-0.2, 0) is 9.84 Å². The molecule has 8 heteroatoms. The van der Waals surface area contributed by atoms with Crippen LogP contribution in [0.2, 0.25) is 0 Å². The molecule has 0 saturated carbocycles. The Morgan fingerprint density at radius 3 is 2.62 bits per heavy atom. The van der Waals surface area contributed by atoms with Gasteiger partial charge in [0.25, 0.3) is 0 Å². The summed E-state index contributed by atoms with van der Waals surface area (Å²) < 4.78 is 23.4. The lowest BCUT2D eigenvalue weighted by Gasteiger charge is -2.05. The maximum atomic E-state index is 11.7. The van der Waals surface area contributed by atoms with E-state index in [-0.39, 0.29) is 17.3 Å². The van der Waals surface area contributed by atoms with Crippen LogP contribution in [-0.4, -0.2) is 41.9 Å². The molecule has 1 aromatic heterocycles. The molecule has 88 valence electrons. The molecule has 0 aliphatic heterocycles. The first kappa shape index (κ1) is 12.4. The second-order valence-corrected chi connectivity index (χ2v) is 5.02. The lowest BCUT2D eigenvalue weighted by atomic mass is 10.5. The van der Waals surface area contributed by atoms with Crippen molar-refractivity contribution >= 4 is 15.9 Å². The number of amides is 1. The number of hydrogen-bond donors (Lipinski definition) is 2. The van der Waals surface area contributed by atoms with Crippen LogP contribution in [0, 0.1) is 6.92 Å². The first-order chi connectivity index (χ1) is 7.43. The summed E-state index contributed by atoms with van der Waals surface area (Å²) in [6, 6.07) is 0. The van der Waals surface area contributed by atoms with Gasteiger partial charge in [0.05, 0.1) is 11.4 Å². The lowest BCUT2D eigenvalue weighted by molar-refractivity contribution is 0.195. The number of carboxylic acid groups (broad SMARTS) is 1. The molecular formula is C8H11N3O4S. The predicted molar refractivity (Wildman–Crippen MR) is 54.8 cm³/mol. The van der Waals surface area contributed by atoms with E-state index in [1.165, 1.54) is 19.3 Å². The van der Waals surface area contributed by atoms with Gasteiger partial charge >= 0.3 is 6.09 Å². The predicted octanol–water partition coefficient (Wildman–Crippen LogP) is -0.174. The molecule has 2 N–H and O–H groups in total. The SMILES string of the molecule is Cc1nccnc1S(=O)(=O)CCNC(=O)O. The number of aryl methyl sites for hydroxylation is 1. The Bertz CT molecular complexity index is 486. The molecule has 1 rings (SSSR count). The second-order valence-electron chi connectivity index (χ2n) is 3.00. The van der Waals surface area contributed by atoms with Crippen molar-refractivity contribution in [3.8, 4) is 0 Å².